The molecule has 0 spiro atoms. The fourth-order valence-corrected chi connectivity index (χ4v) is 1.92. The van der Waals surface area contributed by atoms with Crippen molar-refractivity contribution >= 4 is 11.9 Å². The normalized spacial score (nSPS) is 10.0. The summed E-state index contributed by atoms with van der Waals surface area (Å²) in [5.74, 6) is -0.809. The summed E-state index contributed by atoms with van der Waals surface area (Å²) in [4.78, 5) is 41.3. The predicted octanol–water partition coefficient (Wildman–Crippen LogP) is 0.529. The van der Waals surface area contributed by atoms with E-state index >= 15 is 0 Å². The summed E-state index contributed by atoms with van der Waals surface area (Å²) < 4.78 is 4.66. The zero-order chi connectivity index (χ0) is 15.9. The van der Waals surface area contributed by atoms with Gasteiger partial charge in [0.1, 0.15) is 0 Å². The first-order chi connectivity index (χ1) is 10.6. The first-order valence-electron chi connectivity index (χ1n) is 6.60. The SMILES string of the molecule is COC(=O)c1ccc(=O)[nH]c1CCNC(=O)c1cccnc1. The second-order valence-electron chi connectivity index (χ2n) is 4.45. The van der Waals surface area contributed by atoms with Crippen molar-refractivity contribution < 1.29 is 14.3 Å². The van der Waals surface area contributed by atoms with Crippen LogP contribution in [-0.2, 0) is 11.2 Å². The third-order valence-corrected chi connectivity index (χ3v) is 2.99. The molecule has 0 fully saturated rings. The number of rotatable bonds is 5. The lowest BCUT2D eigenvalue weighted by Crippen LogP contribution is -2.27. The van der Waals surface area contributed by atoms with Crippen LogP contribution in [-0.4, -0.2) is 35.5 Å². The number of carbonyl (C=O) groups is 2. The maximum atomic E-state index is 11.9. The van der Waals surface area contributed by atoms with Crippen LogP contribution < -0.4 is 10.9 Å². The van der Waals surface area contributed by atoms with Gasteiger partial charge in [0.2, 0.25) is 5.56 Å². The predicted molar refractivity (Wildman–Crippen MR) is 78.7 cm³/mol. The number of aromatic amines is 1. The van der Waals surface area contributed by atoms with E-state index in [1.807, 2.05) is 0 Å². The van der Waals surface area contributed by atoms with Crippen molar-refractivity contribution in [3.63, 3.8) is 0 Å². The average molecular weight is 301 g/mol. The third-order valence-electron chi connectivity index (χ3n) is 2.99. The summed E-state index contributed by atoms with van der Waals surface area (Å²) >= 11 is 0. The van der Waals surface area contributed by atoms with Gasteiger partial charge >= 0.3 is 5.97 Å². The molecule has 0 aliphatic carbocycles. The minimum absolute atomic E-state index is 0.262. The van der Waals surface area contributed by atoms with E-state index < -0.39 is 5.97 Å². The quantitative estimate of drug-likeness (QED) is 0.784. The molecular weight excluding hydrogens is 286 g/mol. The fraction of sp³-hybridized carbons (Fsp3) is 0.200. The Morgan fingerprint density at radius 3 is 2.82 bits per heavy atom. The van der Waals surface area contributed by atoms with Crippen molar-refractivity contribution in [3.05, 3.63) is 63.8 Å². The molecule has 114 valence electrons. The summed E-state index contributed by atoms with van der Waals surface area (Å²) in [5, 5.41) is 2.70. The first kappa shape index (κ1) is 15.4. The van der Waals surface area contributed by atoms with Crippen molar-refractivity contribution in [1.29, 1.82) is 0 Å². The van der Waals surface area contributed by atoms with E-state index in [1.165, 1.54) is 25.4 Å². The highest BCUT2D eigenvalue weighted by Crippen LogP contribution is 2.06. The molecule has 0 bridgehead atoms. The van der Waals surface area contributed by atoms with Crippen LogP contribution in [0.4, 0.5) is 0 Å². The van der Waals surface area contributed by atoms with Crippen LogP contribution >= 0.6 is 0 Å². The van der Waals surface area contributed by atoms with Crippen molar-refractivity contribution in [2.75, 3.05) is 13.7 Å². The fourth-order valence-electron chi connectivity index (χ4n) is 1.92. The number of nitrogens with one attached hydrogen (secondary N) is 2. The number of hydrogen-bond acceptors (Lipinski definition) is 5. The van der Waals surface area contributed by atoms with Gasteiger partial charge in [-0.3, -0.25) is 14.6 Å². The molecule has 0 aromatic carbocycles. The molecule has 7 nitrogen and oxygen atoms in total. The highest BCUT2D eigenvalue weighted by atomic mass is 16.5. The highest BCUT2D eigenvalue weighted by Gasteiger charge is 2.13. The Hall–Kier alpha value is -2.96. The van der Waals surface area contributed by atoms with Crippen molar-refractivity contribution in [3.8, 4) is 0 Å². The molecule has 0 radical (unpaired) electrons. The molecule has 7 heteroatoms. The van der Waals surface area contributed by atoms with E-state index in [1.54, 1.807) is 18.3 Å². The van der Waals surface area contributed by atoms with Crippen LogP contribution in [0, 0.1) is 0 Å². The molecular formula is C15H15N3O4. The maximum Gasteiger partial charge on any atom is 0.339 e. The molecule has 0 unspecified atom stereocenters. The number of hydrogen-bond donors (Lipinski definition) is 2. The number of nitrogens with zero attached hydrogens (tertiary/aromatic N) is 1. The van der Waals surface area contributed by atoms with Crippen molar-refractivity contribution in [1.82, 2.24) is 15.3 Å². The molecule has 0 aliphatic heterocycles. The summed E-state index contributed by atoms with van der Waals surface area (Å²) in [5.41, 5.74) is 0.821. The Balaban J connectivity index is 2.03. The molecule has 0 aliphatic rings. The summed E-state index contributed by atoms with van der Waals surface area (Å²) in [6.45, 7) is 0.262. The number of methoxy groups -OCH3 is 1. The molecule has 2 rings (SSSR count). The van der Waals surface area contributed by atoms with Gasteiger partial charge in [0, 0.05) is 37.1 Å². The van der Waals surface area contributed by atoms with E-state index in [-0.39, 0.29) is 23.6 Å². The van der Waals surface area contributed by atoms with Gasteiger partial charge < -0.3 is 15.0 Å². The number of H-pyrrole nitrogens is 1. The zero-order valence-electron chi connectivity index (χ0n) is 12.0. The number of amides is 1. The Kier molecular flexibility index (Phi) is 5.02. The van der Waals surface area contributed by atoms with E-state index in [4.69, 9.17) is 0 Å². The average Bonchev–Trinajstić information content (AvgIpc) is 2.55. The minimum atomic E-state index is -0.537. The standard InChI is InChI=1S/C15H15N3O4/c1-22-15(21)11-4-5-13(19)18-12(11)6-8-17-14(20)10-3-2-7-16-9-10/h2-5,7,9H,6,8H2,1H3,(H,17,20)(H,18,19). The monoisotopic (exact) mass is 301 g/mol. The van der Waals surface area contributed by atoms with E-state index in [2.05, 4.69) is 20.0 Å². The highest BCUT2D eigenvalue weighted by molar-refractivity contribution is 5.93. The number of carbonyl (C=O) groups excluding carboxylic acids is 2. The molecule has 2 heterocycles. The topological polar surface area (TPSA) is 101 Å². The van der Waals surface area contributed by atoms with E-state index in [0.717, 1.165) is 0 Å². The van der Waals surface area contributed by atoms with Crippen LogP contribution in [0.25, 0.3) is 0 Å². The molecule has 0 atom stereocenters. The zero-order valence-corrected chi connectivity index (χ0v) is 12.0. The summed E-state index contributed by atoms with van der Waals surface area (Å²) in [7, 11) is 1.27. The second kappa shape index (κ2) is 7.16. The molecule has 2 aromatic rings. The molecule has 2 aromatic heterocycles. The van der Waals surface area contributed by atoms with E-state index in [0.29, 0.717) is 17.7 Å². The Morgan fingerprint density at radius 1 is 1.32 bits per heavy atom. The van der Waals surface area contributed by atoms with Gasteiger partial charge in [0.25, 0.3) is 5.91 Å². The third kappa shape index (κ3) is 3.78. The lowest BCUT2D eigenvalue weighted by atomic mass is 10.1. The van der Waals surface area contributed by atoms with Crippen LogP contribution in [0.2, 0.25) is 0 Å². The van der Waals surface area contributed by atoms with E-state index in [9.17, 15) is 14.4 Å². The van der Waals surface area contributed by atoms with Crippen LogP contribution in [0.1, 0.15) is 26.4 Å². The molecule has 0 saturated heterocycles. The van der Waals surface area contributed by atoms with Crippen LogP contribution in [0.15, 0.2) is 41.5 Å². The summed E-state index contributed by atoms with van der Waals surface area (Å²) in [6, 6.07) is 5.97. The second-order valence-corrected chi connectivity index (χ2v) is 4.45. The molecule has 22 heavy (non-hydrogen) atoms. The number of pyridine rings is 2. The van der Waals surface area contributed by atoms with Gasteiger partial charge in [0.15, 0.2) is 0 Å². The molecule has 0 saturated carbocycles. The van der Waals surface area contributed by atoms with Gasteiger partial charge in [-0.05, 0) is 18.2 Å². The van der Waals surface area contributed by atoms with Crippen molar-refractivity contribution in [2.45, 2.75) is 6.42 Å². The van der Waals surface area contributed by atoms with Gasteiger partial charge in [-0.25, -0.2) is 4.79 Å². The Morgan fingerprint density at radius 2 is 2.14 bits per heavy atom. The lowest BCUT2D eigenvalue weighted by molar-refractivity contribution is 0.0599. The lowest BCUT2D eigenvalue weighted by Gasteiger charge is -2.08. The number of ether oxygens (including phenoxy) is 1. The van der Waals surface area contributed by atoms with Gasteiger partial charge in [-0.2, -0.15) is 0 Å². The van der Waals surface area contributed by atoms with Crippen LogP contribution in [0.3, 0.4) is 0 Å². The maximum absolute atomic E-state index is 11.9. The first-order valence-corrected chi connectivity index (χ1v) is 6.60. The smallest absolute Gasteiger partial charge is 0.339 e. The van der Waals surface area contributed by atoms with Gasteiger partial charge in [-0.15, -0.1) is 0 Å². The Labute approximate surface area is 126 Å². The van der Waals surface area contributed by atoms with Crippen LogP contribution in [0.5, 0.6) is 0 Å². The number of aromatic nitrogens is 2. The molecule has 1 amide bonds. The summed E-state index contributed by atoms with van der Waals surface area (Å²) in [6.07, 6.45) is 3.33. The van der Waals surface area contributed by atoms with Crippen molar-refractivity contribution in [2.24, 2.45) is 0 Å². The number of esters is 1. The van der Waals surface area contributed by atoms with Gasteiger partial charge in [-0.1, -0.05) is 0 Å². The van der Waals surface area contributed by atoms with Gasteiger partial charge in [0.05, 0.1) is 18.2 Å². The Bertz CT molecular complexity index is 725. The minimum Gasteiger partial charge on any atom is -0.465 e. The largest absolute Gasteiger partial charge is 0.465 e. The molecule has 2 N–H and O–H groups in total.